The summed E-state index contributed by atoms with van der Waals surface area (Å²) < 4.78 is 15.1. The number of nitrogens with two attached hydrogens (primary N) is 1. The molecule has 5 nitrogen and oxygen atoms in total. The zero-order valence-corrected chi connectivity index (χ0v) is 8.82. The Morgan fingerprint density at radius 2 is 2.00 bits per heavy atom. The van der Waals surface area contributed by atoms with Crippen LogP contribution >= 0.6 is 0 Å². The third kappa shape index (κ3) is 7.97. The Bertz CT molecular complexity index is 152. The van der Waals surface area contributed by atoms with Gasteiger partial charge in [-0.3, -0.25) is 4.79 Å². The van der Waals surface area contributed by atoms with Crippen molar-refractivity contribution in [3.05, 3.63) is 0 Å². The summed E-state index contributed by atoms with van der Waals surface area (Å²) in [5, 5.41) is 0. The summed E-state index contributed by atoms with van der Waals surface area (Å²) in [4.78, 5) is 10.5. The van der Waals surface area contributed by atoms with E-state index in [1.807, 2.05) is 0 Å². The van der Waals surface area contributed by atoms with Crippen LogP contribution < -0.4 is 5.73 Å². The zero-order chi connectivity index (χ0) is 10.8. The fourth-order valence-electron chi connectivity index (χ4n) is 0.773. The highest BCUT2D eigenvalue weighted by molar-refractivity contribution is 5.78. The topological polar surface area (TPSA) is 70.8 Å². The standard InChI is InChI=1S/C9H19NO4/c1-8(9(10)11)14-7-6-13-5-3-4-12-2/h8H,3-7H2,1-2H3,(H2,10,11). The first kappa shape index (κ1) is 13.4. The minimum absolute atomic E-state index is 0.386. The van der Waals surface area contributed by atoms with Crippen molar-refractivity contribution in [2.75, 3.05) is 33.5 Å². The first-order chi connectivity index (χ1) is 6.68. The van der Waals surface area contributed by atoms with Gasteiger partial charge < -0.3 is 19.9 Å². The predicted octanol–water partition coefficient (Wildman–Crippen LogP) is -0.0701. The van der Waals surface area contributed by atoms with Gasteiger partial charge >= 0.3 is 0 Å². The van der Waals surface area contributed by atoms with Gasteiger partial charge in [-0.05, 0) is 13.3 Å². The molecule has 0 heterocycles. The van der Waals surface area contributed by atoms with E-state index in [1.54, 1.807) is 14.0 Å². The second-order valence-corrected chi connectivity index (χ2v) is 2.87. The third-order valence-electron chi connectivity index (χ3n) is 1.63. The second-order valence-electron chi connectivity index (χ2n) is 2.87. The number of amides is 1. The lowest BCUT2D eigenvalue weighted by Crippen LogP contribution is -2.29. The minimum Gasteiger partial charge on any atom is -0.385 e. The Kier molecular flexibility index (Phi) is 8.51. The smallest absolute Gasteiger partial charge is 0.246 e. The molecule has 2 N–H and O–H groups in total. The molecule has 0 fully saturated rings. The molecule has 0 radical (unpaired) electrons. The fraction of sp³-hybridized carbons (Fsp3) is 0.889. The van der Waals surface area contributed by atoms with Crippen LogP contribution in [-0.4, -0.2) is 45.5 Å². The monoisotopic (exact) mass is 205 g/mol. The molecular weight excluding hydrogens is 186 g/mol. The molecule has 1 unspecified atom stereocenters. The fourth-order valence-corrected chi connectivity index (χ4v) is 0.773. The molecule has 0 aliphatic rings. The van der Waals surface area contributed by atoms with Crippen LogP contribution in [-0.2, 0) is 19.0 Å². The maximum atomic E-state index is 10.5. The molecule has 0 aliphatic heterocycles. The number of methoxy groups -OCH3 is 1. The average Bonchev–Trinajstić information content (AvgIpc) is 2.16. The molecule has 0 aromatic rings. The highest BCUT2D eigenvalue weighted by Gasteiger charge is 2.07. The Morgan fingerprint density at radius 1 is 1.29 bits per heavy atom. The van der Waals surface area contributed by atoms with Crippen LogP contribution in [0, 0.1) is 0 Å². The number of carbonyl (C=O) groups is 1. The van der Waals surface area contributed by atoms with Gasteiger partial charge in [-0.2, -0.15) is 0 Å². The van der Waals surface area contributed by atoms with Gasteiger partial charge in [0.2, 0.25) is 5.91 Å². The van der Waals surface area contributed by atoms with Crippen LogP contribution in [0.25, 0.3) is 0 Å². The lowest BCUT2D eigenvalue weighted by molar-refractivity contribution is -0.129. The van der Waals surface area contributed by atoms with Crippen LogP contribution in [0.3, 0.4) is 0 Å². The van der Waals surface area contributed by atoms with Crippen molar-refractivity contribution in [2.24, 2.45) is 5.73 Å². The summed E-state index contributed by atoms with van der Waals surface area (Å²) in [6.07, 6.45) is 0.319. The van der Waals surface area contributed by atoms with Gasteiger partial charge in [0.1, 0.15) is 6.10 Å². The van der Waals surface area contributed by atoms with Gasteiger partial charge in [-0.15, -0.1) is 0 Å². The highest BCUT2D eigenvalue weighted by Crippen LogP contribution is 1.89. The second kappa shape index (κ2) is 8.93. The normalized spacial score (nSPS) is 12.7. The van der Waals surface area contributed by atoms with E-state index in [2.05, 4.69) is 0 Å². The molecule has 0 rings (SSSR count). The van der Waals surface area contributed by atoms with Crippen molar-refractivity contribution in [1.29, 1.82) is 0 Å². The number of ether oxygens (including phenoxy) is 3. The maximum Gasteiger partial charge on any atom is 0.246 e. The van der Waals surface area contributed by atoms with E-state index in [-0.39, 0.29) is 0 Å². The van der Waals surface area contributed by atoms with Gasteiger partial charge in [-0.1, -0.05) is 0 Å². The number of primary amides is 1. The van der Waals surface area contributed by atoms with Gasteiger partial charge in [0.05, 0.1) is 13.2 Å². The third-order valence-corrected chi connectivity index (χ3v) is 1.63. The van der Waals surface area contributed by atoms with E-state index in [0.29, 0.717) is 26.4 Å². The van der Waals surface area contributed by atoms with Crippen LogP contribution in [0.15, 0.2) is 0 Å². The summed E-state index contributed by atoms with van der Waals surface area (Å²) in [5.74, 6) is -0.454. The quantitative estimate of drug-likeness (QED) is 0.535. The number of hydrogen-bond acceptors (Lipinski definition) is 4. The molecule has 0 bridgehead atoms. The first-order valence-corrected chi connectivity index (χ1v) is 4.66. The molecule has 0 saturated carbocycles. The zero-order valence-electron chi connectivity index (χ0n) is 8.82. The largest absolute Gasteiger partial charge is 0.385 e. The van der Waals surface area contributed by atoms with E-state index in [0.717, 1.165) is 6.42 Å². The SMILES string of the molecule is COCCCOCCOC(C)C(N)=O. The Hall–Kier alpha value is -0.650. The molecule has 0 saturated heterocycles. The Balaban J connectivity index is 3.09. The van der Waals surface area contributed by atoms with E-state index in [9.17, 15) is 4.79 Å². The van der Waals surface area contributed by atoms with Gasteiger partial charge in [0, 0.05) is 20.3 Å². The van der Waals surface area contributed by atoms with Crippen molar-refractivity contribution < 1.29 is 19.0 Å². The van der Waals surface area contributed by atoms with Crippen LogP contribution in [0.2, 0.25) is 0 Å². The first-order valence-electron chi connectivity index (χ1n) is 4.66. The lowest BCUT2D eigenvalue weighted by Gasteiger charge is -2.09. The van der Waals surface area contributed by atoms with Crippen LogP contribution in [0.4, 0.5) is 0 Å². The lowest BCUT2D eigenvalue weighted by atomic mass is 10.4. The van der Waals surface area contributed by atoms with E-state index < -0.39 is 12.0 Å². The molecule has 0 spiro atoms. The summed E-state index contributed by atoms with van der Waals surface area (Å²) in [7, 11) is 1.65. The predicted molar refractivity (Wildman–Crippen MR) is 51.9 cm³/mol. The molecule has 0 aliphatic carbocycles. The van der Waals surface area contributed by atoms with Crippen molar-refractivity contribution in [3.8, 4) is 0 Å². The number of carbonyl (C=O) groups excluding carboxylic acids is 1. The molecule has 1 atom stereocenters. The molecule has 0 aromatic heterocycles. The summed E-state index contributed by atoms with van der Waals surface area (Å²) in [5.41, 5.74) is 5.00. The van der Waals surface area contributed by atoms with Crippen molar-refractivity contribution in [2.45, 2.75) is 19.4 Å². The van der Waals surface area contributed by atoms with E-state index >= 15 is 0 Å². The summed E-state index contributed by atoms with van der Waals surface area (Å²) in [6, 6.07) is 0. The Labute approximate surface area is 84.5 Å². The van der Waals surface area contributed by atoms with Crippen LogP contribution in [0.1, 0.15) is 13.3 Å². The van der Waals surface area contributed by atoms with Gasteiger partial charge in [0.15, 0.2) is 0 Å². The summed E-state index contributed by atoms with van der Waals surface area (Å²) >= 11 is 0. The van der Waals surface area contributed by atoms with Crippen molar-refractivity contribution in [1.82, 2.24) is 0 Å². The molecule has 5 heteroatoms. The van der Waals surface area contributed by atoms with Gasteiger partial charge in [0.25, 0.3) is 0 Å². The van der Waals surface area contributed by atoms with E-state index in [4.69, 9.17) is 19.9 Å². The molecule has 84 valence electrons. The molecule has 0 aromatic carbocycles. The van der Waals surface area contributed by atoms with Crippen molar-refractivity contribution >= 4 is 5.91 Å². The molecular formula is C9H19NO4. The van der Waals surface area contributed by atoms with E-state index in [1.165, 1.54) is 0 Å². The Morgan fingerprint density at radius 3 is 2.57 bits per heavy atom. The van der Waals surface area contributed by atoms with Gasteiger partial charge in [-0.25, -0.2) is 0 Å². The summed E-state index contributed by atoms with van der Waals surface area (Å²) in [6.45, 7) is 3.81. The highest BCUT2D eigenvalue weighted by atomic mass is 16.5. The van der Waals surface area contributed by atoms with Crippen LogP contribution in [0.5, 0.6) is 0 Å². The molecule has 1 amide bonds. The minimum atomic E-state index is -0.544. The van der Waals surface area contributed by atoms with Crippen molar-refractivity contribution in [3.63, 3.8) is 0 Å². The number of hydrogen-bond donors (Lipinski definition) is 1. The molecule has 14 heavy (non-hydrogen) atoms. The average molecular weight is 205 g/mol. The number of rotatable bonds is 9. The maximum absolute atomic E-state index is 10.5.